The van der Waals surface area contributed by atoms with E-state index >= 15 is 0 Å². The van der Waals surface area contributed by atoms with Crippen LogP contribution in [0.2, 0.25) is 0 Å². The molecule has 2 fully saturated rings. The van der Waals surface area contributed by atoms with Crippen molar-refractivity contribution in [2.75, 3.05) is 6.61 Å². The van der Waals surface area contributed by atoms with Crippen LogP contribution in [0, 0.1) is 0 Å². The molecule has 6 nitrogen and oxygen atoms in total. The summed E-state index contributed by atoms with van der Waals surface area (Å²) in [6.45, 7) is 2.48. The predicted molar refractivity (Wildman–Crippen MR) is 96.3 cm³/mol. The Morgan fingerprint density at radius 1 is 1.19 bits per heavy atom. The summed E-state index contributed by atoms with van der Waals surface area (Å²) < 4.78 is 11.4. The Hall–Kier alpha value is -2.63. The highest BCUT2D eigenvalue weighted by Crippen LogP contribution is 2.38. The molecule has 2 aromatic rings. The Balaban J connectivity index is 1.43. The maximum absolute atomic E-state index is 13.0. The lowest BCUT2D eigenvalue weighted by Crippen LogP contribution is -2.49. The van der Waals surface area contributed by atoms with Gasteiger partial charge in [0.2, 0.25) is 5.88 Å². The van der Waals surface area contributed by atoms with Crippen molar-refractivity contribution in [3.63, 3.8) is 0 Å². The maximum atomic E-state index is 13.0. The van der Waals surface area contributed by atoms with E-state index in [1.165, 1.54) is 0 Å². The summed E-state index contributed by atoms with van der Waals surface area (Å²) >= 11 is 0. The van der Waals surface area contributed by atoms with Crippen LogP contribution in [0.3, 0.4) is 0 Å². The van der Waals surface area contributed by atoms with Gasteiger partial charge >= 0.3 is 0 Å². The molecule has 0 aromatic carbocycles. The molecule has 0 aliphatic carbocycles. The highest BCUT2D eigenvalue weighted by atomic mass is 16.5. The Kier molecular flexibility index (Phi) is 4.73. The third-order valence-corrected chi connectivity index (χ3v) is 5.14. The Morgan fingerprint density at radius 2 is 2.00 bits per heavy atom. The van der Waals surface area contributed by atoms with Crippen LogP contribution in [0.25, 0.3) is 0 Å². The highest BCUT2D eigenvalue weighted by Gasteiger charge is 2.44. The molecule has 26 heavy (non-hydrogen) atoms. The minimum Gasteiger partial charge on any atom is -0.489 e. The first-order chi connectivity index (χ1) is 12.7. The standard InChI is InChI=1S/C20H23N3O3/c1-2-25-19-8-5-14(12-22-19)20(24)23-15-6-7-16(23)11-18(10-15)26-17-4-3-9-21-13-17/h3-5,8-9,12-13,15-16,18H,2,6-7,10-11H2,1H3. The number of ether oxygens (including phenoxy) is 2. The van der Waals surface area contributed by atoms with Gasteiger partial charge in [-0.3, -0.25) is 9.78 Å². The number of hydrogen-bond acceptors (Lipinski definition) is 5. The normalized spacial score (nSPS) is 24.3. The number of fused-ring (bicyclic) bond motifs is 2. The summed E-state index contributed by atoms with van der Waals surface area (Å²) in [6, 6.07) is 7.83. The minimum absolute atomic E-state index is 0.0628. The van der Waals surface area contributed by atoms with Gasteiger partial charge in [0.05, 0.1) is 18.4 Å². The van der Waals surface area contributed by atoms with Crippen LogP contribution >= 0.6 is 0 Å². The third-order valence-electron chi connectivity index (χ3n) is 5.14. The summed E-state index contributed by atoms with van der Waals surface area (Å²) in [5.41, 5.74) is 0.622. The summed E-state index contributed by atoms with van der Waals surface area (Å²) in [6.07, 6.45) is 9.03. The first-order valence-corrected chi connectivity index (χ1v) is 9.22. The Bertz CT molecular complexity index is 737. The summed E-state index contributed by atoms with van der Waals surface area (Å²) in [7, 11) is 0. The van der Waals surface area contributed by atoms with E-state index in [2.05, 4.69) is 9.97 Å². The summed E-state index contributed by atoms with van der Waals surface area (Å²) in [5.74, 6) is 1.41. The molecule has 2 aliphatic rings. The molecule has 4 heterocycles. The zero-order valence-corrected chi connectivity index (χ0v) is 14.9. The lowest BCUT2D eigenvalue weighted by Gasteiger charge is -2.38. The third kappa shape index (κ3) is 3.36. The molecule has 4 rings (SSSR count). The summed E-state index contributed by atoms with van der Waals surface area (Å²) in [5, 5.41) is 0. The van der Waals surface area contributed by atoms with Crippen LogP contribution in [-0.4, -0.2) is 45.6 Å². The molecule has 0 saturated carbocycles. The van der Waals surface area contributed by atoms with E-state index in [1.54, 1.807) is 30.7 Å². The van der Waals surface area contributed by atoms with Gasteiger partial charge in [0, 0.05) is 43.4 Å². The highest BCUT2D eigenvalue weighted by molar-refractivity contribution is 5.94. The van der Waals surface area contributed by atoms with E-state index in [1.807, 2.05) is 24.0 Å². The number of nitrogens with zero attached hydrogens (tertiary/aromatic N) is 3. The second-order valence-corrected chi connectivity index (χ2v) is 6.82. The number of aromatic nitrogens is 2. The molecule has 2 bridgehead atoms. The topological polar surface area (TPSA) is 64.5 Å². The van der Waals surface area contributed by atoms with Gasteiger partial charge < -0.3 is 14.4 Å². The van der Waals surface area contributed by atoms with E-state index in [4.69, 9.17) is 9.47 Å². The molecule has 1 amide bonds. The van der Waals surface area contributed by atoms with Crippen molar-refractivity contribution in [2.24, 2.45) is 0 Å². The number of carbonyl (C=O) groups excluding carboxylic acids is 1. The van der Waals surface area contributed by atoms with E-state index in [0.29, 0.717) is 18.1 Å². The van der Waals surface area contributed by atoms with E-state index in [9.17, 15) is 4.79 Å². The van der Waals surface area contributed by atoms with Gasteiger partial charge in [0.1, 0.15) is 11.9 Å². The second kappa shape index (κ2) is 7.32. The van der Waals surface area contributed by atoms with Crippen LogP contribution in [-0.2, 0) is 0 Å². The lowest BCUT2D eigenvalue weighted by atomic mass is 9.98. The smallest absolute Gasteiger partial charge is 0.255 e. The SMILES string of the molecule is CCOc1ccc(C(=O)N2C3CCC2CC(Oc2cccnc2)C3)cn1. The van der Waals surface area contributed by atoms with Crippen molar-refractivity contribution in [3.8, 4) is 11.6 Å². The molecule has 2 atom stereocenters. The molecule has 0 spiro atoms. The molecule has 2 aliphatic heterocycles. The molecular formula is C20H23N3O3. The van der Waals surface area contributed by atoms with Gasteiger partial charge in [-0.25, -0.2) is 4.98 Å². The zero-order chi connectivity index (χ0) is 17.9. The molecule has 0 radical (unpaired) electrons. The van der Waals surface area contributed by atoms with E-state index in [0.717, 1.165) is 31.4 Å². The average molecular weight is 353 g/mol. The van der Waals surface area contributed by atoms with Crippen LogP contribution in [0.15, 0.2) is 42.9 Å². The molecular weight excluding hydrogens is 330 g/mol. The van der Waals surface area contributed by atoms with Gasteiger partial charge in [-0.1, -0.05) is 0 Å². The number of carbonyl (C=O) groups is 1. The van der Waals surface area contributed by atoms with Gasteiger partial charge in [-0.2, -0.15) is 0 Å². The van der Waals surface area contributed by atoms with E-state index < -0.39 is 0 Å². The number of piperidine rings is 1. The van der Waals surface area contributed by atoms with Gasteiger partial charge in [0.15, 0.2) is 0 Å². The van der Waals surface area contributed by atoms with Crippen LogP contribution in [0.1, 0.15) is 43.0 Å². The first kappa shape index (κ1) is 16.8. The lowest BCUT2D eigenvalue weighted by molar-refractivity contribution is 0.0357. The molecule has 136 valence electrons. The maximum Gasteiger partial charge on any atom is 0.255 e. The fraction of sp³-hybridized carbons (Fsp3) is 0.450. The van der Waals surface area contributed by atoms with Gasteiger partial charge in [-0.05, 0) is 38.0 Å². The monoisotopic (exact) mass is 353 g/mol. The predicted octanol–water partition coefficient (Wildman–Crippen LogP) is 3.09. The number of amides is 1. The van der Waals surface area contributed by atoms with Crippen molar-refractivity contribution >= 4 is 5.91 Å². The first-order valence-electron chi connectivity index (χ1n) is 9.22. The second-order valence-electron chi connectivity index (χ2n) is 6.82. The fourth-order valence-electron chi connectivity index (χ4n) is 4.05. The Morgan fingerprint density at radius 3 is 2.62 bits per heavy atom. The minimum atomic E-state index is 0.0628. The summed E-state index contributed by atoms with van der Waals surface area (Å²) in [4.78, 5) is 23.4. The quantitative estimate of drug-likeness (QED) is 0.826. The van der Waals surface area contributed by atoms with E-state index in [-0.39, 0.29) is 24.1 Å². The van der Waals surface area contributed by atoms with Crippen molar-refractivity contribution < 1.29 is 14.3 Å². The van der Waals surface area contributed by atoms with Crippen molar-refractivity contribution in [3.05, 3.63) is 48.4 Å². The Labute approximate surface area is 153 Å². The number of hydrogen-bond donors (Lipinski definition) is 0. The molecule has 2 aromatic heterocycles. The van der Waals surface area contributed by atoms with Gasteiger partial charge in [0.25, 0.3) is 5.91 Å². The fourth-order valence-corrected chi connectivity index (χ4v) is 4.05. The number of rotatable bonds is 5. The average Bonchev–Trinajstić information content (AvgIpc) is 2.93. The van der Waals surface area contributed by atoms with Crippen molar-refractivity contribution in [2.45, 2.75) is 50.8 Å². The van der Waals surface area contributed by atoms with Crippen molar-refractivity contribution in [1.82, 2.24) is 14.9 Å². The molecule has 0 N–H and O–H groups in total. The van der Waals surface area contributed by atoms with Crippen LogP contribution in [0.4, 0.5) is 0 Å². The number of pyridine rings is 2. The van der Waals surface area contributed by atoms with Crippen LogP contribution in [0.5, 0.6) is 11.6 Å². The largest absolute Gasteiger partial charge is 0.489 e. The molecule has 2 saturated heterocycles. The molecule has 2 unspecified atom stereocenters. The molecule has 6 heteroatoms. The van der Waals surface area contributed by atoms with Crippen LogP contribution < -0.4 is 9.47 Å². The zero-order valence-electron chi connectivity index (χ0n) is 14.9. The van der Waals surface area contributed by atoms with Crippen molar-refractivity contribution in [1.29, 1.82) is 0 Å². The van der Waals surface area contributed by atoms with Gasteiger partial charge in [-0.15, -0.1) is 0 Å².